The molecule has 1 heterocycles. The lowest BCUT2D eigenvalue weighted by Gasteiger charge is -2.21. The van der Waals surface area contributed by atoms with Gasteiger partial charge in [0.25, 0.3) is 0 Å². The van der Waals surface area contributed by atoms with Gasteiger partial charge in [-0.2, -0.15) is 5.10 Å². The minimum atomic E-state index is -0.299. The van der Waals surface area contributed by atoms with Crippen molar-refractivity contribution in [1.29, 1.82) is 0 Å². The first-order valence-corrected chi connectivity index (χ1v) is 7.39. The van der Waals surface area contributed by atoms with Gasteiger partial charge in [0.2, 0.25) is 0 Å². The van der Waals surface area contributed by atoms with E-state index in [-0.39, 0.29) is 22.6 Å². The summed E-state index contributed by atoms with van der Waals surface area (Å²) in [4.78, 5) is 11.0. The first-order valence-electron chi connectivity index (χ1n) is 7.39. The number of nitro groups is 1. The van der Waals surface area contributed by atoms with Gasteiger partial charge in [-0.1, -0.05) is 20.8 Å². The highest BCUT2D eigenvalue weighted by atomic mass is 16.6. The zero-order chi connectivity index (χ0) is 15.3. The normalized spacial score (nSPS) is 14.2. The number of nitrogens with one attached hydrogen (secondary N) is 1. The zero-order valence-electron chi connectivity index (χ0n) is 13.1. The molecule has 1 N–H and O–H groups in total. The molecule has 6 nitrogen and oxygen atoms in total. The van der Waals surface area contributed by atoms with E-state index in [2.05, 4.69) is 31.2 Å². The smallest absolute Gasteiger partial charge is 0.313 e. The topological polar surface area (TPSA) is 73.0 Å². The Hall–Kier alpha value is -1.43. The van der Waals surface area contributed by atoms with Gasteiger partial charge < -0.3 is 5.32 Å². The second kappa shape index (κ2) is 7.38. The summed E-state index contributed by atoms with van der Waals surface area (Å²) in [6.45, 7) is 11.6. The molecule has 0 aliphatic carbocycles. The van der Waals surface area contributed by atoms with Crippen molar-refractivity contribution >= 4 is 5.69 Å². The molecule has 0 saturated carbocycles. The molecule has 20 heavy (non-hydrogen) atoms. The summed E-state index contributed by atoms with van der Waals surface area (Å²) in [5.74, 6) is 0.0506. The third-order valence-electron chi connectivity index (χ3n) is 3.65. The number of hydrogen-bond donors (Lipinski definition) is 1. The van der Waals surface area contributed by atoms with Crippen molar-refractivity contribution in [2.75, 3.05) is 6.54 Å². The van der Waals surface area contributed by atoms with Crippen molar-refractivity contribution in [2.24, 2.45) is 0 Å². The summed E-state index contributed by atoms with van der Waals surface area (Å²) in [6, 6.07) is 0.181. The van der Waals surface area contributed by atoms with Crippen molar-refractivity contribution in [1.82, 2.24) is 15.1 Å². The van der Waals surface area contributed by atoms with Crippen LogP contribution in [0.25, 0.3) is 0 Å². The predicted octanol–water partition coefficient (Wildman–Crippen LogP) is 3.00. The largest absolute Gasteiger partial charge is 0.314 e. The van der Waals surface area contributed by atoms with Crippen molar-refractivity contribution in [3.63, 3.8) is 0 Å². The van der Waals surface area contributed by atoms with Crippen LogP contribution in [0.5, 0.6) is 0 Å². The molecule has 0 aromatic carbocycles. The van der Waals surface area contributed by atoms with Crippen LogP contribution in [0.1, 0.15) is 57.8 Å². The predicted molar refractivity (Wildman–Crippen MR) is 80.1 cm³/mol. The Labute approximate surface area is 120 Å². The van der Waals surface area contributed by atoms with Crippen molar-refractivity contribution in [3.05, 3.63) is 21.5 Å². The van der Waals surface area contributed by atoms with Crippen LogP contribution in [-0.2, 0) is 6.54 Å². The van der Waals surface area contributed by atoms with Crippen LogP contribution in [0.15, 0.2) is 0 Å². The number of nitrogens with zero attached hydrogens (tertiary/aromatic N) is 3. The molecule has 0 saturated heterocycles. The lowest BCUT2D eigenvalue weighted by molar-refractivity contribution is -0.386. The Morgan fingerprint density at radius 2 is 2.00 bits per heavy atom. The Bertz CT molecular complexity index is 456. The molecule has 0 bridgehead atoms. The summed E-state index contributed by atoms with van der Waals surface area (Å²) in [5.41, 5.74) is 1.43. The van der Waals surface area contributed by atoms with Crippen LogP contribution in [0.3, 0.4) is 0 Å². The summed E-state index contributed by atoms with van der Waals surface area (Å²) in [7, 11) is 0. The highest BCUT2D eigenvalue weighted by Crippen LogP contribution is 2.31. The average molecular weight is 282 g/mol. The van der Waals surface area contributed by atoms with Gasteiger partial charge in [-0.3, -0.25) is 14.8 Å². The van der Waals surface area contributed by atoms with Crippen LogP contribution in [0.4, 0.5) is 5.69 Å². The summed E-state index contributed by atoms with van der Waals surface area (Å²) in [5, 5.41) is 19.1. The maximum Gasteiger partial charge on any atom is 0.313 e. The molecule has 2 atom stereocenters. The molecule has 0 radical (unpaired) electrons. The van der Waals surface area contributed by atoms with E-state index in [1.807, 2.05) is 11.6 Å². The van der Waals surface area contributed by atoms with E-state index in [4.69, 9.17) is 0 Å². The molecule has 0 aliphatic heterocycles. The van der Waals surface area contributed by atoms with E-state index in [1.54, 1.807) is 6.92 Å². The third-order valence-corrected chi connectivity index (χ3v) is 3.65. The molecule has 6 heteroatoms. The lowest BCUT2D eigenvalue weighted by atomic mass is 9.97. The van der Waals surface area contributed by atoms with Gasteiger partial charge in [-0.15, -0.1) is 0 Å². The minimum absolute atomic E-state index is 0.0506. The quantitative estimate of drug-likeness (QED) is 0.587. The number of rotatable bonds is 8. The van der Waals surface area contributed by atoms with Gasteiger partial charge in [0.15, 0.2) is 0 Å². The van der Waals surface area contributed by atoms with Crippen LogP contribution >= 0.6 is 0 Å². The van der Waals surface area contributed by atoms with Crippen LogP contribution in [0.2, 0.25) is 0 Å². The number of aryl methyl sites for hydroxylation is 2. The molecule has 0 fully saturated rings. The van der Waals surface area contributed by atoms with Gasteiger partial charge in [0.1, 0.15) is 11.4 Å². The Balaban J connectivity index is 3.15. The molecule has 1 rings (SSSR count). The summed E-state index contributed by atoms with van der Waals surface area (Å²) >= 11 is 0. The van der Waals surface area contributed by atoms with Gasteiger partial charge in [0.05, 0.1) is 4.92 Å². The van der Waals surface area contributed by atoms with Crippen LogP contribution in [-0.4, -0.2) is 27.3 Å². The average Bonchev–Trinajstić information content (AvgIpc) is 2.72. The maximum atomic E-state index is 11.3. The van der Waals surface area contributed by atoms with Crippen molar-refractivity contribution in [3.8, 4) is 0 Å². The molecule has 1 aromatic heterocycles. The molecule has 0 amide bonds. The minimum Gasteiger partial charge on any atom is -0.314 e. The zero-order valence-corrected chi connectivity index (χ0v) is 13.1. The van der Waals surface area contributed by atoms with E-state index >= 15 is 0 Å². The van der Waals surface area contributed by atoms with Gasteiger partial charge in [0, 0.05) is 18.5 Å². The SMILES string of the molecule is CCCNC(C)C(C)c1c([N+](=O)[O-])c(C)nn1CCC. The first-order chi connectivity index (χ1) is 9.43. The lowest BCUT2D eigenvalue weighted by Crippen LogP contribution is -2.32. The standard InChI is InChI=1S/C14H26N4O2/c1-6-8-15-11(4)10(3)13-14(18(19)20)12(5)16-17(13)9-7-2/h10-11,15H,6-9H2,1-5H3. The monoisotopic (exact) mass is 282 g/mol. The first kappa shape index (κ1) is 16.6. The second-order valence-electron chi connectivity index (χ2n) is 5.33. The van der Waals surface area contributed by atoms with E-state index < -0.39 is 0 Å². The number of aromatic nitrogens is 2. The fourth-order valence-electron chi connectivity index (χ4n) is 2.43. The molecule has 0 aliphatic rings. The molecule has 1 aromatic rings. The van der Waals surface area contributed by atoms with E-state index in [0.717, 1.165) is 31.6 Å². The highest BCUT2D eigenvalue weighted by molar-refractivity contribution is 5.43. The van der Waals surface area contributed by atoms with Gasteiger partial charge in [-0.25, -0.2) is 0 Å². The van der Waals surface area contributed by atoms with Crippen molar-refractivity contribution < 1.29 is 4.92 Å². The van der Waals surface area contributed by atoms with E-state index in [1.165, 1.54) is 0 Å². The fraction of sp³-hybridized carbons (Fsp3) is 0.786. The molecular formula is C14H26N4O2. The maximum absolute atomic E-state index is 11.3. The molecular weight excluding hydrogens is 256 g/mol. The van der Waals surface area contributed by atoms with Gasteiger partial charge in [-0.05, 0) is 33.2 Å². The second-order valence-corrected chi connectivity index (χ2v) is 5.33. The van der Waals surface area contributed by atoms with E-state index in [0.29, 0.717) is 5.69 Å². The fourth-order valence-corrected chi connectivity index (χ4v) is 2.43. The van der Waals surface area contributed by atoms with E-state index in [9.17, 15) is 10.1 Å². The van der Waals surface area contributed by atoms with Crippen LogP contribution < -0.4 is 5.32 Å². The molecule has 2 unspecified atom stereocenters. The highest BCUT2D eigenvalue weighted by Gasteiger charge is 2.31. The molecule has 0 spiro atoms. The number of hydrogen-bond acceptors (Lipinski definition) is 4. The summed E-state index contributed by atoms with van der Waals surface area (Å²) < 4.78 is 1.81. The Morgan fingerprint density at radius 3 is 2.50 bits per heavy atom. The van der Waals surface area contributed by atoms with Crippen molar-refractivity contribution in [2.45, 2.75) is 66.0 Å². The van der Waals surface area contributed by atoms with Crippen LogP contribution in [0, 0.1) is 17.0 Å². The third kappa shape index (κ3) is 3.56. The Morgan fingerprint density at radius 1 is 1.35 bits per heavy atom. The molecule has 114 valence electrons. The summed E-state index contributed by atoms with van der Waals surface area (Å²) in [6.07, 6.45) is 1.96. The van der Waals surface area contributed by atoms with Gasteiger partial charge >= 0.3 is 5.69 Å². The Kier molecular flexibility index (Phi) is 6.13.